The molecule has 0 saturated heterocycles. The Balaban J connectivity index is 3.37. The fourth-order valence-electron chi connectivity index (χ4n) is 0.927. The smallest absolute Gasteiger partial charge is 0.238 e. The molecule has 0 aliphatic heterocycles. The predicted molar refractivity (Wildman–Crippen MR) is 49.6 cm³/mol. The first-order chi connectivity index (χ1) is 6.05. The molecule has 1 aromatic rings. The van der Waals surface area contributed by atoms with E-state index in [0.29, 0.717) is 5.56 Å². The van der Waals surface area contributed by atoms with Gasteiger partial charge in [-0.2, -0.15) is 5.10 Å². The number of nitrogens with two attached hydrogens (primary N) is 2. The van der Waals surface area contributed by atoms with E-state index in [1.54, 1.807) is 18.2 Å². The number of primary sulfonamides is 1. The van der Waals surface area contributed by atoms with Crippen LogP contribution < -0.4 is 11.0 Å². The van der Waals surface area contributed by atoms with Crippen molar-refractivity contribution < 1.29 is 8.42 Å². The molecule has 6 heteroatoms. The van der Waals surface area contributed by atoms with Crippen molar-refractivity contribution in [2.24, 2.45) is 16.1 Å². The zero-order chi connectivity index (χ0) is 9.90. The highest BCUT2D eigenvalue weighted by Crippen LogP contribution is 2.10. The summed E-state index contributed by atoms with van der Waals surface area (Å²) in [4.78, 5) is 0.0178. The molecule has 0 radical (unpaired) electrons. The standard InChI is InChI=1S/C7H9N3O2S/c8-10-5-6-3-1-2-4-7(6)13(9,11)12/h1-5H,8H2,(H2,9,11,12). The second-order valence-electron chi connectivity index (χ2n) is 2.36. The molecule has 0 aliphatic carbocycles. The number of hydrogen-bond donors (Lipinski definition) is 2. The first-order valence-electron chi connectivity index (χ1n) is 3.41. The third-order valence-corrected chi connectivity index (χ3v) is 2.42. The van der Waals surface area contributed by atoms with Gasteiger partial charge in [0.15, 0.2) is 0 Å². The van der Waals surface area contributed by atoms with E-state index in [2.05, 4.69) is 5.10 Å². The van der Waals surface area contributed by atoms with Crippen molar-refractivity contribution in [1.29, 1.82) is 0 Å². The summed E-state index contributed by atoms with van der Waals surface area (Å²) in [5.41, 5.74) is 0.382. The number of hydrazone groups is 1. The van der Waals surface area contributed by atoms with Crippen molar-refractivity contribution in [1.82, 2.24) is 0 Å². The van der Waals surface area contributed by atoms with E-state index in [1.165, 1.54) is 12.3 Å². The molecule has 0 amide bonds. The van der Waals surface area contributed by atoms with Gasteiger partial charge in [0.1, 0.15) is 0 Å². The first kappa shape index (κ1) is 9.69. The molecule has 0 unspecified atom stereocenters. The van der Waals surface area contributed by atoms with Crippen LogP contribution in [-0.4, -0.2) is 14.6 Å². The number of hydrogen-bond acceptors (Lipinski definition) is 4. The Morgan fingerprint density at radius 2 is 1.92 bits per heavy atom. The number of sulfonamides is 1. The third-order valence-electron chi connectivity index (χ3n) is 1.44. The van der Waals surface area contributed by atoms with Crippen LogP contribution in [0.3, 0.4) is 0 Å². The van der Waals surface area contributed by atoms with Gasteiger partial charge in [-0.25, -0.2) is 13.6 Å². The maximum Gasteiger partial charge on any atom is 0.238 e. The highest BCUT2D eigenvalue weighted by atomic mass is 32.2. The third kappa shape index (κ3) is 2.27. The minimum absolute atomic E-state index is 0.0178. The Morgan fingerprint density at radius 3 is 2.46 bits per heavy atom. The summed E-state index contributed by atoms with van der Waals surface area (Å²) in [6, 6.07) is 6.21. The predicted octanol–water partition coefficient (Wildman–Crippen LogP) is -0.373. The molecule has 0 heterocycles. The number of benzene rings is 1. The molecule has 70 valence electrons. The van der Waals surface area contributed by atoms with Gasteiger partial charge in [-0.05, 0) is 6.07 Å². The van der Waals surface area contributed by atoms with E-state index < -0.39 is 10.0 Å². The zero-order valence-electron chi connectivity index (χ0n) is 6.71. The maximum absolute atomic E-state index is 11.0. The highest BCUT2D eigenvalue weighted by molar-refractivity contribution is 7.89. The highest BCUT2D eigenvalue weighted by Gasteiger charge is 2.10. The summed E-state index contributed by atoms with van der Waals surface area (Å²) in [6.07, 6.45) is 1.24. The summed E-state index contributed by atoms with van der Waals surface area (Å²) in [7, 11) is -3.70. The lowest BCUT2D eigenvalue weighted by Gasteiger charge is -2.00. The lowest BCUT2D eigenvalue weighted by molar-refractivity contribution is 0.597. The summed E-state index contributed by atoms with van der Waals surface area (Å²) in [5, 5.41) is 8.19. The van der Waals surface area contributed by atoms with Gasteiger partial charge in [0, 0.05) is 5.56 Å². The summed E-state index contributed by atoms with van der Waals surface area (Å²) >= 11 is 0. The molecule has 4 N–H and O–H groups in total. The minimum atomic E-state index is -3.70. The van der Waals surface area contributed by atoms with Crippen molar-refractivity contribution in [3.05, 3.63) is 29.8 Å². The van der Waals surface area contributed by atoms with Crippen LogP contribution in [0.4, 0.5) is 0 Å². The SMILES string of the molecule is NN=Cc1ccccc1S(N)(=O)=O. The molecule has 0 atom stereocenters. The van der Waals surface area contributed by atoms with Gasteiger partial charge >= 0.3 is 0 Å². The molecule has 0 bridgehead atoms. The monoisotopic (exact) mass is 199 g/mol. The quantitative estimate of drug-likeness (QED) is 0.386. The van der Waals surface area contributed by atoms with Gasteiger partial charge in [-0.1, -0.05) is 18.2 Å². The van der Waals surface area contributed by atoms with Gasteiger partial charge in [-0.3, -0.25) is 0 Å². The van der Waals surface area contributed by atoms with E-state index in [9.17, 15) is 8.42 Å². The van der Waals surface area contributed by atoms with Crippen molar-refractivity contribution >= 4 is 16.2 Å². The molecular formula is C7H9N3O2S. The number of nitrogens with zero attached hydrogens (tertiary/aromatic N) is 1. The van der Waals surface area contributed by atoms with Crippen LogP contribution in [0, 0.1) is 0 Å². The maximum atomic E-state index is 11.0. The summed E-state index contributed by atoms with van der Waals surface area (Å²) in [6.45, 7) is 0. The molecule has 0 aromatic heterocycles. The van der Waals surface area contributed by atoms with Crippen LogP contribution in [0.1, 0.15) is 5.56 Å². The van der Waals surface area contributed by atoms with Crippen LogP contribution in [0.5, 0.6) is 0 Å². The second-order valence-corrected chi connectivity index (χ2v) is 3.89. The summed E-state index contributed by atoms with van der Waals surface area (Å²) < 4.78 is 22.0. The molecule has 0 aliphatic rings. The van der Waals surface area contributed by atoms with Gasteiger partial charge in [0.25, 0.3) is 0 Å². The average Bonchev–Trinajstić information content (AvgIpc) is 2.04. The van der Waals surface area contributed by atoms with Crippen LogP contribution in [0.25, 0.3) is 0 Å². The van der Waals surface area contributed by atoms with E-state index in [0.717, 1.165) is 0 Å². The van der Waals surface area contributed by atoms with Gasteiger partial charge in [-0.15, -0.1) is 0 Å². The Morgan fingerprint density at radius 1 is 1.31 bits per heavy atom. The van der Waals surface area contributed by atoms with Crippen LogP contribution in [0.15, 0.2) is 34.3 Å². The van der Waals surface area contributed by atoms with Gasteiger partial charge < -0.3 is 5.84 Å². The lowest BCUT2D eigenvalue weighted by atomic mass is 10.2. The van der Waals surface area contributed by atoms with E-state index in [4.69, 9.17) is 11.0 Å². The van der Waals surface area contributed by atoms with Crippen molar-refractivity contribution in [2.45, 2.75) is 4.90 Å². The largest absolute Gasteiger partial charge is 0.323 e. The lowest BCUT2D eigenvalue weighted by Crippen LogP contribution is -2.14. The van der Waals surface area contributed by atoms with Crippen molar-refractivity contribution in [3.63, 3.8) is 0 Å². The van der Waals surface area contributed by atoms with Crippen LogP contribution in [0.2, 0.25) is 0 Å². The molecular weight excluding hydrogens is 190 g/mol. The van der Waals surface area contributed by atoms with Crippen molar-refractivity contribution in [3.8, 4) is 0 Å². The molecule has 1 rings (SSSR count). The van der Waals surface area contributed by atoms with Crippen LogP contribution >= 0.6 is 0 Å². The topological polar surface area (TPSA) is 98.5 Å². The average molecular weight is 199 g/mol. The number of rotatable bonds is 2. The molecule has 0 saturated carbocycles. The Hall–Kier alpha value is -1.40. The fourth-order valence-corrected chi connectivity index (χ4v) is 1.64. The van der Waals surface area contributed by atoms with E-state index in [-0.39, 0.29) is 4.90 Å². The minimum Gasteiger partial charge on any atom is -0.323 e. The first-order valence-corrected chi connectivity index (χ1v) is 4.95. The molecule has 0 spiro atoms. The zero-order valence-corrected chi connectivity index (χ0v) is 7.53. The Bertz CT molecular complexity index is 425. The van der Waals surface area contributed by atoms with Crippen LogP contribution in [-0.2, 0) is 10.0 Å². The second kappa shape index (κ2) is 3.55. The normalized spacial score (nSPS) is 12.1. The molecule has 13 heavy (non-hydrogen) atoms. The van der Waals surface area contributed by atoms with E-state index >= 15 is 0 Å². The molecule has 5 nitrogen and oxygen atoms in total. The molecule has 1 aromatic carbocycles. The van der Waals surface area contributed by atoms with Gasteiger partial charge in [0.05, 0.1) is 11.1 Å². The van der Waals surface area contributed by atoms with Crippen molar-refractivity contribution in [2.75, 3.05) is 0 Å². The Kier molecular flexibility index (Phi) is 2.64. The fraction of sp³-hybridized carbons (Fsp3) is 0. The molecule has 0 fully saturated rings. The summed E-state index contributed by atoms with van der Waals surface area (Å²) in [5.74, 6) is 4.91. The Labute approximate surface area is 76.1 Å². The van der Waals surface area contributed by atoms with Gasteiger partial charge in [0.2, 0.25) is 10.0 Å². The van der Waals surface area contributed by atoms with E-state index in [1.807, 2.05) is 0 Å².